The van der Waals surface area contributed by atoms with E-state index in [9.17, 15) is 4.79 Å². The lowest BCUT2D eigenvalue weighted by molar-refractivity contribution is 0.0949. The van der Waals surface area contributed by atoms with Crippen molar-refractivity contribution < 1.29 is 4.79 Å². The predicted molar refractivity (Wildman–Crippen MR) is 71.9 cm³/mol. The molecule has 1 aromatic heterocycles. The van der Waals surface area contributed by atoms with Crippen LogP contribution in [-0.4, -0.2) is 46.6 Å². The molecule has 1 N–H and O–H groups in total. The Morgan fingerprint density at radius 3 is 2.89 bits per heavy atom. The normalized spacial score (nSPS) is 16.7. The van der Waals surface area contributed by atoms with Gasteiger partial charge in [0, 0.05) is 13.1 Å². The van der Waals surface area contributed by atoms with Crippen molar-refractivity contribution >= 4 is 17.4 Å². The van der Waals surface area contributed by atoms with Crippen LogP contribution >= 0.6 is 11.5 Å². The Kier molecular flexibility index (Phi) is 5.07. The number of amides is 1. The van der Waals surface area contributed by atoms with Crippen molar-refractivity contribution in [2.75, 3.05) is 26.2 Å². The Bertz CT molecular complexity index is 387. The largest absolute Gasteiger partial charge is 0.350 e. The molecular formula is C12H20N4OS. The van der Waals surface area contributed by atoms with Gasteiger partial charge in [-0.25, -0.2) is 0 Å². The minimum absolute atomic E-state index is 0.0288. The van der Waals surface area contributed by atoms with Gasteiger partial charge in [-0.2, -0.15) is 0 Å². The predicted octanol–water partition coefficient (Wildman–Crippen LogP) is 1.32. The van der Waals surface area contributed by atoms with Gasteiger partial charge in [0.1, 0.15) is 4.88 Å². The van der Waals surface area contributed by atoms with Crippen molar-refractivity contribution in [2.24, 2.45) is 0 Å². The number of aryl methyl sites for hydroxylation is 1. The van der Waals surface area contributed by atoms with Gasteiger partial charge in [0.25, 0.3) is 5.91 Å². The molecule has 2 rings (SSSR count). The summed E-state index contributed by atoms with van der Waals surface area (Å²) in [6.45, 7) is 5.97. The molecule has 100 valence electrons. The number of hydrogen-bond acceptors (Lipinski definition) is 5. The number of aromatic nitrogens is 2. The van der Waals surface area contributed by atoms with E-state index in [0.29, 0.717) is 11.4 Å². The molecule has 1 aliphatic rings. The SMILES string of the molecule is CCc1nnsc1C(=O)NCCN1CCCCC1. The number of nitrogens with one attached hydrogen (secondary N) is 1. The molecule has 5 nitrogen and oxygen atoms in total. The van der Waals surface area contributed by atoms with Gasteiger partial charge in [0.15, 0.2) is 0 Å². The van der Waals surface area contributed by atoms with Crippen LogP contribution in [0.25, 0.3) is 0 Å². The van der Waals surface area contributed by atoms with Gasteiger partial charge >= 0.3 is 0 Å². The maximum absolute atomic E-state index is 11.9. The zero-order valence-electron chi connectivity index (χ0n) is 10.8. The van der Waals surface area contributed by atoms with Crippen LogP contribution in [0.5, 0.6) is 0 Å². The van der Waals surface area contributed by atoms with Gasteiger partial charge in [-0.1, -0.05) is 17.8 Å². The first-order chi connectivity index (χ1) is 8.81. The standard InChI is InChI=1S/C12H20N4OS/c1-2-10-11(18-15-14-10)12(17)13-6-9-16-7-4-3-5-8-16/h2-9H2,1H3,(H,13,17). The highest BCUT2D eigenvalue weighted by atomic mass is 32.1. The van der Waals surface area contributed by atoms with E-state index in [1.165, 1.54) is 30.8 Å². The Hall–Kier alpha value is -1.01. The molecule has 6 heteroatoms. The Labute approximate surface area is 112 Å². The number of nitrogens with zero attached hydrogens (tertiary/aromatic N) is 3. The Balaban J connectivity index is 1.74. The van der Waals surface area contributed by atoms with Gasteiger partial charge in [0.05, 0.1) is 5.69 Å². The molecule has 2 heterocycles. The van der Waals surface area contributed by atoms with Gasteiger partial charge < -0.3 is 10.2 Å². The van der Waals surface area contributed by atoms with Crippen LogP contribution in [-0.2, 0) is 6.42 Å². The monoisotopic (exact) mass is 268 g/mol. The van der Waals surface area contributed by atoms with Crippen LogP contribution < -0.4 is 5.32 Å². The summed E-state index contributed by atoms with van der Waals surface area (Å²) in [4.78, 5) is 15.0. The molecule has 0 unspecified atom stereocenters. The van der Waals surface area contributed by atoms with Crippen LogP contribution in [0.2, 0.25) is 0 Å². The topological polar surface area (TPSA) is 58.1 Å². The highest BCUT2D eigenvalue weighted by molar-refractivity contribution is 7.08. The minimum atomic E-state index is -0.0288. The summed E-state index contributed by atoms with van der Waals surface area (Å²) in [5, 5.41) is 6.91. The second-order valence-electron chi connectivity index (χ2n) is 4.56. The fraction of sp³-hybridized carbons (Fsp3) is 0.750. The molecular weight excluding hydrogens is 248 g/mol. The van der Waals surface area contributed by atoms with Crippen LogP contribution in [0.3, 0.4) is 0 Å². The summed E-state index contributed by atoms with van der Waals surface area (Å²) in [6.07, 6.45) is 4.67. The molecule has 1 amide bonds. The van der Waals surface area contributed by atoms with Crippen molar-refractivity contribution in [1.82, 2.24) is 19.8 Å². The molecule has 1 fully saturated rings. The minimum Gasteiger partial charge on any atom is -0.350 e. The molecule has 0 saturated carbocycles. The number of hydrogen-bond donors (Lipinski definition) is 1. The van der Waals surface area contributed by atoms with Crippen molar-refractivity contribution in [3.05, 3.63) is 10.6 Å². The van der Waals surface area contributed by atoms with Crippen LogP contribution in [0, 0.1) is 0 Å². The van der Waals surface area contributed by atoms with E-state index in [2.05, 4.69) is 19.8 Å². The van der Waals surface area contributed by atoms with E-state index in [-0.39, 0.29) is 5.91 Å². The maximum Gasteiger partial charge on any atom is 0.264 e. The third kappa shape index (κ3) is 3.49. The molecule has 0 aliphatic carbocycles. The highest BCUT2D eigenvalue weighted by Gasteiger charge is 2.15. The van der Waals surface area contributed by atoms with E-state index >= 15 is 0 Å². The molecule has 1 aliphatic heterocycles. The van der Waals surface area contributed by atoms with Crippen molar-refractivity contribution in [2.45, 2.75) is 32.6 Å². The number of carbonyl (C=O) groups excluding carboxylic acids is 1. The quantitative estimate of drug-likeness (QED) is 0.875. The van der Waals surface area contributed by atoms with Crippen LogP contribution in [0.1, 0.15) is 41.6 Å². The summed E-state index contributed by atoms with van der Waals surface area (Å²) >= 11 is 1.18. The summed E-state index contributed by atoms with van der Waals surface area (Å²) in [5.74, 6) is -0.0288. The van der Waals surface area contributed by atoms with Gasteiger partial charge in [-0.3, -0.25) is 4.79 Å². The third-order valence-electron chi connectivity index (χ3n) is 3.26. The third-order valence-corrected chi connectivity index (χ3v) is 4.03. The lowest BCUT2D eigenvalue weighted by Gasteiger charge is -2.26. The first-order valence-corrected chi connectivity index (χ1v) is 7.40. The number of carbonyl (C=O) groups is 1. The number of likely N-dealkylation sites (tertiary alicyclic amines) is 1. The second-order valence-corrected chi connectivity index (χ2v) is 5.31. The molecule has 0 aromatic carbocycles. The first kappa shape index (κ1) is 13.4. The Morgan fingerprint density at radius 2 is 2.17 bits per heavy atom. The van der Waals surface area contributed by atoms with Crippen LogP contribution in [0.15, 0.2) is 0 Å². The zero-order chi connectivity index (χ0) is 12.8. The molecule has 0 bridgehead atoms. The fourth-order valence-corrected chi connectivity index (χ4v) is 2.87. The second kappa shape index (κ2) is 6.80. The van der Waals surface area contributed by atoms with E-state index < -0.39 is 0 Å². The highest BCUT2D eigenvalue weighted by Crippen LogP contribution is 2.11. The van der Waals surface area contributed by atoms with Crippen molar-refractivity contribution in [3.8, 4) is 0 Å². The number of piperidine rings is 1. The molecule has 1 aromatic rings. The number of rotatable bonds is 5. The first-order valence-electron chi connectivity index (χ1n) is 6.63. The average molecular weight is 268 g/mol. The van der Waals surface area contributed by atoms with Crippen molar-refractivity contribution in [3.63, 3.8) is 0 Å². The molecule has 1 saturated heterocycles. The van der Waals surface area contributed by atoms with Gasteiger partial charge in [0.2, 0.25) is 0 Å². The molecule has 0 spiro atoms. The zero-order valence-corrected chi connectivity index (χ0v) is 11.6. The van der Waals surface area contributed by atoms with Crippen LogP contribution in [0.4, 0.5) is 0 Å². The summed E-state index contributed by atoms with van der Waals surface area (Å²) in [6, 6.07) is 0. The summed E-state index contributed by atoms with van der Waals surface area (Å²) < 4.78 is 3.83. The van der Waals surface area contributed by atoms with Gasteiger partial charge in [-0.15, -0.1) is 5.10 Å². The molecule has 0 radical (unpaired) electrons. The van der Waals surface area contributed by atoms with E-state index in [1.54, 1.807) is 0 Å². The Morgan fingerprint density at radius 1 is 1.39 bits per heavy atom. The van der Waals surface area contributed by atoms with Crippen molar-refractivity contribution in [1.29, 1.82) is 0 Å². The average Bonchev–Trinajstić information content (AvgIpc) is 2.88. The van der Waals surface area contributed by atoms with E-state index in [0.717, 1.165) is 31.7 Å². The summed E-state index contributed by atoms with van der Waals surface area (Å²) in [7, 11) is 0. The van der Waals surface area contributed by atoms with E-state index in [1.807, 2.05) is 6.92 Å². The summed E-state index contributed by atoms with van der Waals surface area (Å²) in [5.41, 5.74) is 0.801. The lowest BCUT2D eigenvalue weighted by atomic mass is 10.1. The molecule has 0 atom stereocenters. The fourth-order valence-electron chi connectivity index (χ4n) is 2.20. The maximum atomic E-state index is 11.9. The smallest absolute Gasteiger partial charge is 0.264 e. The van der Waals surface area contributed by atoms with Gasteiger partial charge in [-0.05, 0) is 43.9 Å². The lowest BCUT2D eigenvalue weighted by Crippen LogP contribution is -2.37. The van der Waals surface area contributed by atoms with E-state index in [4.69, 9.17) is 0 Å². The molecule has 18 heavy (non-hydrogen) atoms.